The summed E-state index contributed by atoms with van der Waals surface area (Å²) in [5.41, 5.74) is 25.5. The zero-order valence-electron chi connectivity index (χ0n) is 41.9. The molecule has 0 radical (unpaired) electrons. The zero-order valence-corrected chi connectivity index (χ0v) is 41.9. The minimum atomic E-state index is -0.107. The summed E-state index contributed by atoms with van der Waals surface area (Å²) in [6.45, 7) is 26.9. The van der Waals surface area contributed by atoms with Crippen LogP contribution in [0.15, 0.2) is 114 Å². The van der Waals surface area contributed by atoms with Crippen LogP contribution in [0.25, 0.3) is 22.1 Å². The van der Waals surface area contributed by atoms with Crippen LogP contribution in [0.5, 0.6) is 0 Å². The molecule has 14 rings (SSSR count). The number of aryl methyl sites for hydroxylation is 1. The third-order valence-corrected chi connectivity index (χ3v) is 19.0. The first-order valence-corrected chi connectivity index (χ1v) is 25.6. The van der Waals surface area contributed by atoms with E-state index in [0.29, 0.717) is 0 Å². The number of furan rings is 1. The van der Waals surface area contributed by atoms with E-state index in [9.17, 15) is 0 Å². The molecule has 3 heterocycles. The van der Waals surface area contributed by atoms with E-state index < -0.39 is 0 Å². The maximum atomic E-state index is 7.74. The fourth-order valence-corrected chi connectivity index (χ4v) is 14.2. The molecule has 0 saturated heterocycles. The Bertz CT molecular complexity index is 3250. The van der Waals surface area contributed by atoms with E-state index in [-0.39, 0.29) is 39.2 Å². The molecule has 0 N–H and O–H groups in total. The lowest BCUT2D eigenvalue weighted by molar-refractivity contribution is 0.188. The molecule has 67 heavy (non-hydrogen) atoms. The predicted molar refractivity (Wildman–Crippen MR) is 284 cm³/mol. The van der Waals surface area contributed by atoms with Crippen molar-refractivity contribution in [1.29, 1.82) is 0 Å². The number of hydrogen-bond acceptors (Lipinski definition) is 3. The van der Waals surface area contributed by atoms with Crippen LogP contribution < -0.4 is 26.4 Å². The molecule has 0 unspecified atom stereocenters. The number of hydrogen-bond donors (Lipinski definition) is 0. The molecule has 338 valence electrons. The Labute approximate surface area is 400 Å². The van der Waals surface area contributed by atoms with Crippen molar-refractivity contribution >= 4 is 68.4 Å². The second-order valence-electron chi connectivity index (χ2n) is 25.3. The molecule has 7 aromatic rings. The molecule has 1 fully saturated rings. The monoisotopic (exact) mass is 879 g/mol. The van der Waals surface area contributed by atoms with Crippen molar-refractivity contribution in [3.05, 3.63) is 148 Å². The molecular formula is C63H67BN2O. The van der Waals surface area contributed by atoms with Crippen LogP contribution in [-0.4, -0.2) is 6.71 Å². The SMILES string of the molecule is Cc1ccc(N2c3cc4c(cc3B3c5oc6cc7c(cc6c5N(c5ccc6c(c5)C(C)(C)CCC6(C)C)c5cc(-c6ccccc6)cc2c53)C2(C)CCC7(C)CC2)C(C)(C)CCC4(C)C)cc1. The van der Waals surface area contributed by atoms with Gasteiger partial charge in [-0.25, -0.2) is 0 Å². The molecule has 7 aliphatic rings. The molecule has 3 nitrogen and oxygen atoms in total. The third-order valence-electron chi connectivity index (χ3n) is 19.0. The standard InChI is InChI=1S/C63H67BN2O/c1-38-17-19-41(20-18-38)65-51-36-47-46(60(6,7)25-26-61(47,8)9)35-50(51)64-55-52(65)31-40(39-15-13-12-14-16-39)32-53(55)66(42-21-22-44-45(33-42)59(4,5)24-23-58(44,2)3)56-43-34-48-49(37-54(43)67-57(56)64)63(11)29-27-62(48,10)28-30-63/h12-22,31-37H,23-30H2,1-11H3. The van der Waals surface area contributed by atoms with Gasteiger partial charge in [0.05, 0.1) is 11.3 Å². The largest absolute Gasteiger partial charge is 0.468 e. The van der Waals surface area contributed by atoms with E-state index >= 15 is 0 Å². The highest BCUT2D eigenvalue weighted by molar-refractivity contribution is 7.00. The van der Waals surface area contributed by atoms with Gasteiger partial charge in [0.25, 0.3) is 6.71 Å². The number of rotatable bonds is 3. The summed E-state index contributed by atoms with van der Waals surface area (Å²) < 4.78 is 7.74. The van der Waals surface area contributed by atoms with Crippen LogP contribution >= 0.6 is 0 Å². The van der Waals surface area contributed by atoms with E-state index in [1.54, 1.807) is 5.56 Å². The number of benzene rings is 6. The van der Waals surface area contributed by atoms with Crippen LogP contribution in [0.4, 0.5) is 34.1 Å². The van der Waals surface area contributed by atoms with Gasteiger partial charge < -0.3 is 14.2 Å². The minimum Gasteiger partial charge on any atom is -0.468 e. The van der Waals surface area contributed by atoms with Crippen molar-refractivity contribution in [3.8, 4) is 11.1 Å². The maximum Gasteiger partial charge on any atom is 0.297 e. The maximum absolute atomic E-state index is 7.74. The molecular weight excluding hydrogens is 812 g/mol. The molecule has 0 spiro atoms. The van der Waals surface area contributed by atoms with E-state index in [1.807, 2.05) is 0 Å². The van der Waals surface area contributed by atoms with Gasteiger partial charge in [0.2, 0.25) is 0 Å². The van der Waals surface area contributed by atoms with Gasteiger partial charge in [-0.1, -0.05) is 129 Å². The van der Waals surface area contributed by atoms with Crippen molar-refractivity contribution in [3.63, 3.8) is 0 Å². The lowest BCUT2D eigenvalue weighted by Gasteiger charge is -2.52. The van der Waals surface area contributed by atoms with E-state index in [0.717, 1.165) is 11.2 Å². The van der Waals surface area contributed by atoms with Gasteiger partial charge in [0.1, 0.15) is 5.58 Å². The highest BCUT2D eigenvalue weighted by atomic mass is 16.3. The quantitative estimate of drug-likeness (QED) is 0.165. The van der Waals surface area contributed by atoms with E-state index in [4.69, 9.17) is 4.42 Å². The Hall–Kier alpha value is -5.48. The smallest absolute Gasteiger partial charge is 0.297 e. The molecule has 0 atom stereocenters. The summed E-state index contributed by atoms with van der Waals surface area (Å²) in [6, 6.07) is 43.3. The van der Waals surface area contributed by atoms with Crippen LogP contribution in [0.1, 0.15) is 160 Å². The highest BCUT2D eigenvalue weighted by Gasteiger charge is 2.52. The summed E-state index contributed by atoms with van der Waals surface area (Å²) >= 11 is 0. The first-order chi connectivity index (χ1) is 31.8. The van der Waals surface area contributed by atoms with Gasteiger partial charge in [-0.3, -0.25) is 0 Å². The molecule has 5 aliphatic carbocycles. The van der Waals surface area contributed by atoms with E-state index in [1.165, 1.54) is 146 Å². The number of fused-ring (bicyclic) bond motifs is 10. The molecule has 6 aromatic carbocycles. The zero-order chi connectivity index (χ0) is 46.4. The molecule has 2 bridgehead atoms. The molecule has 1 saturated carbocycles. The second kappa shape index (κ2) is 13.4. The van der Waals surface area contributed by atoms with Crippen LogP contribution in [-0.2, 0) is 32.5 Å². The summed E-state index contributed by atoms with van der Waals surface area (Å²) in [7, 11) is 0. The normalized spacial score (nSPS) is 24.1. The third kappa shape index (κ3) is 5.77. The second-order valence-corrected chi connectivity index (χ2v) is 25.3. The molecule has 1 aromatic heterocycles. The van der Waals surface area contributed by atoms with Gasteiger partial charge in [-0.15, -0.1) is 0 Å². The predicted octanol–water partition coefficient (Wildman–Crippen LogP) is 15.3. The fourth-order valence-electron chi connectivity index (χ4n) is 14.2. The van der Waals surface area contributed by atoms with Crippen molar-refractivity contribution in [2.45, 2.75) is 160 Å². The Morgan fingerprint density at radius 1 is 0.448 bits per heavy atom. The summed E-state index contributed by atoms with van der Waals surface area (Å²) in [5, 5.41) is 1.25. The lowest BCUT2D eigenvalue weighted by atomic mass is 9.35. The van der Waals surface area contributed by atoms with Crippen LogP contribution in [0, 0.1) is 6.92 Å². The molecule has 2 aliphatic heterocycles. The summed E-state index contributed by atoms with van der Waals surface area (Å²) in [6.07, 6.45) is 9.67. The highest BCUT2D eigenvalue weighted by Crippen LogP contribution is 2.59. The van der Waals surface area contributed by atoms with Gasteiger partial charge in [-0.2, -0.15) is 0 Å². The van der Waals surface area contributed by atoms with Crippen molar-refractivity contribution in [2.75, 3.05) is 9.80 Å². The van der Waals surface area contributed by atoms with Gasteiger partial charge in [-0.05, 0) is 201 Å². The Balaban J connectivity index is 1.19. The minimum absolute atomic E-state index is 0.0409. The first-order valence-electron chi connectivity index (χ1n) is 25.6. The fraction of sp³-hybridized carbons (Fsp3) is 0.397. The first kappa shape index (κ1) is 41.7. The average molecular weight is 879 g/mol. The Morgan fingerprint density at radius 3 is 1.61 bits per heavy atom. The van der Waals surface area contributed by atoms with E-state index in [2.05, 4.69) is 195 Å². The molecule has 4 heteroatoms. The summed E-state index contributed by atoms with van der Waals surface area (Å²) in [4.78, 5) is 5.29. The van der Waals surface area contributed by atoms with Crippen molar-refractivity contribution in [1.82, 2.24) is 0 Å². The topological polar surface area (TPSA) is 19.6 Å². The average Bonchev–Trinajstić information content (AvgIpc) is 3.68. The van der Waals surface area contributed by atoms with Crippen LogP contribution in [0.3, 0.4) is 0 Å². The van der Waals surface area contributed by atoms with Crippen molar-refractivity contribution < 1.29 is 4.42 Å². The number of anilines is 6. The van der Waals surface area contributed by atoms with Gasteiger partial charge >= 0.3 is 0 Å². The molecule has 0 amide bonds. The lowest BCUT2D eigenvalue weighted by Crippen LogP contribution is -2.61. The number of nitrogens with zero attached hydrogens (tertiary/aromatic N) is 2. The van der Waals surface area contributed by atoms with Crippen LogP contribution in [0.2, 0.25) is 0 Å². The van der Waals surface area contributed by atoms with Gasteiger partial charge in [0.15, 0.2) is 0 Å². The van der Waals surface area contributed by atoms with Gasteiger partial charge in [0, 0.05) is 33.8 Å². The summed E-state index contributed by atoms with van der Waals surface area (Å²) in [5.74, 6) is 0. The Kier molecular flexibility index (Phi) is 8.34. The Morgan fingerprint density at radius 2 is 0.985 bits per heavy atom. The van der Waals surface area contributed by atoms with Crippen molar-refractivity contribution in [2.24, 2.45) is 0 Å².